The van der Waals surface area contributed by atoms with Gasteiger partial charge in [-0.25, -0.2) is 4.39 Å². The molecule has 4 N–H and O–H groups in total. The van der Waals surface area contributed by atoms with E-state index in [0.29, 0.717) is 36.1 Å². The molecule has 3 saturated carbocycles. The minimum absolute atomic E-state index is 0.104. The number of allylic oxidation sites excluding steroid dienone is 4. The number of anilines is 1. The molecule has 11 atom stereocenters. The minimum atomic E-state index is -2.10. The summed E-state index contributed by atoms with van der Waals surface area (Å²) in [6.07, 6.45) is 4.18. The number of halogens is 1. The topological polar surface area (TPSA) is 206 Å². The summed E-state index contributed by atoms with van der Waals surface area (Å²) < 4.78 is 30.9. The third-order valence-electron chi connectivity index (χ3n) is 14.7. The fourth-order valence-electron chi connectivity index (χ4n) is 11.3. The number of fused-ring (bicyclic) bond motifs is 7. The highest BCUT2D eigenvalue weighted by atomic mass is 32.2. The Labute approximate surface area is 374 Å². The number of hydrogen-bond donors (Lipinski definition) is 4. The van der Waals surface area contributed by atoms with E-state index in [1.54, 1.807) is 38.1 Å². The number of ether oxygens (including phenoxy) is 2. The molecule has 16 heteroatoms. The van der Waals surface area contributed by atoms with E-state index >= 15 is 4.39 Å². The van der Waals surface area contributed by atoms with Crippen molar-refractivity contribution in [3.63, 3.8) is 0 Å². The lowest BCUT2D eigenvalue weighted by Gasteiger charge is -2.62. The zero-order valence-electron chi connectivity index (χ0n) is 36.0. The van der Waals surface area contributed by atoms with Crippen LogP contribution in [0.5, 0.6) is 0 Å². The highest BCUT2D eigenvalue weighted by molar-refractivity contribution is 7.99. The Bertz CT molecular complexity index is 2390. The Kier molecular flexibility index (Phi) is 12.1. The number of amides is 4. The number of benzene rings is 2. The number of nitrogens with one attached hydrogen (secondary N) is 2. The van der Waals surface area contributed by atoms with Gasteiger partial charge in [-0.3, -0.25) is 38.5 Å². The van der Waals surface area contributed by atoms with Gasteiger partial charge < -0.3 is 30.3 Å². The lowest BCUT2D eigenvalue weighted by atomic mass is 9.44. The van der Waals surface area contributed by atoms with Crippen molar-refractivity contribution in [1.29, 1.82) is 0 Å². The molecular weight excluding hydrogens is 846 g/mol. The molecule has 4 aliphatic carbocycles. The summed E-state index contributed by atoms with van der Waals surface area (Å²) in [6, 6.07) is 13.7. The van der Waals surface area contributed by atoms with E-state index in [9.17, 15) is 43.8 Å². The van der Waals surface area contributed by atoms with Crippen molar-refractivity contribution >= 4 is 58.4 Å². The van der Waals surface area contributed by atoms with Gasteiger partial charge in [0.1, 0.15) is 6.61 Å². The van der Waals surface area contributed by atoms with Crippen molar-refractivity contribution in [2.75, 3.05) is 18.5 Å². The molecular formula is C48H52FN3O11S. The van der Waals surface area contributed by atoms with Crippen LogP contribution < -0.4 is 10.6 Å². The van der Waals surface area contributed by atoms with Crippen LogP contribution in [0.25, 0.3) is 0 Å². The van der Waals surface area contributed by atoms with Gasteiger partial charge in [0.25, 0.3) is 11.8 Å². The molecule has 64 heavy (non-hydrogen) atoms. The first-order chi connectivity index (χ1) is 30.3. The van der Waals surface area contributed by atoms with Crippen LogP contribution in [-0.4, -0.2) is 98.8 Å². The molecule has 14 nitrogen and oxygen atoms in total. The Hall–Kier alpha value is -5.13. The van der Waals surface area contributed by atoms with Crippen molar-refractivity contribution in [3.05, 3.63) is 90.0 Å². The molecule has 4 fully saturated rings. The Morgan fingerprint density at radius 3 is 2.41 bits per heavy atom. The summed E-state index contributed by atoms with van der Waals surface area (Å²) in [4.78, 5) is 90.6. The van der Waals surface area contributed by atoms with Gasteiger partial charge in [-0.1, -0.05) is 55.5 Å². The second kappa shape index (κ2) is 17.0. The standard InChI is InChI=1S/C48H52FN3O11S/c1-26(20-36(55)27(2)50-40(58)17-19-52-41(59)14-15-42(52)60)43(61)51-30-6-5-7-33(22-30)64-32-11-8-28(9-12-32)44-62-39-23-35-34-13-10-29-21-31(54)16-18-45(29,3)47(34,49)37(56)24-46(35,4)48(39,63-44)38(57)25-53/h5-9,11-12,14-16,18,21-22,26-27,34-35,37,39,44,53,56H,10,13,17,19-20,23-25H2,1-4H3,(H,50,58)(H,51,61)/t26-,27+,34+,35+,37+,39-,44-,45+,46+,47+,48-/m1/s1. The summed E-state index contributed by atoms with van der Waals surface area (Å²) >= 11 is 1.43. The van der Waals surface area contributed by atoms with Gasteiger partial charge in [0.15, 0.2) is 34.9 Å². The van der Waals surface area contributed by atoms with E-state index in [-0.39, 0.29) is 43.3 Å². The van der Waals surface area contributed by atoms with Crippen LogP contribution in [-0.2, 0) is 43.0 Å². The van der Waals surface area contributed by atoms with E-state index in [4.69, 9.17) is 9.47 Å². The van der Waals surface area contributed by atoms with Gasteiger partial charge >= 0.3 is 0 Å². The summed E-state index contributed by atoms with van der Waals surface area (Å²) in [6.45, 7) is 5.79. The molecule has 0 radical (unpaired) electrons. The smallest absolute Gasteiger partial charge is 0.253 e. The highest BCUT2D eigenvalue weighted by Crippen LogP contribution is 2.72. The molecule has 4 amide bonds. The number of aliphatic hydroxyl groups excluding tert-OH is 2. The highest BCUT2D eigenvalue weighted by Gasteiger charge is 2.79. The van der Waals surface area contributed by atoms with Crippen molar-refractivity contribution in [2.24, 2.45) is 28.6 Å². The van der Waals surface area contributed by atoms with Crippen LogP contribution in [0.3, 0.4) is 0 Å². The molecule has 1 saturated heterocycles. The summed E-state index contributed by atoms with van der Waals surface area (Å²) in [7, 11) is 0. The molecule has 0 spiro atoms. The molecule has 2 aliphatic heterocycles. The van der Waals surface area contributed by atoms with E-state index in [2.05, 4.69) is 10.6 Å². The number of hydrogen-bond acceptors (Lipinski definition) is 12. The quantitative estimate of drug-likeness (QED) is 0.187. The first kappa shape index (κ1) is 45.4. The van der Waals surface area contributed by atoms with Gasteiger partial charge in [0, 0.05) is 75.2 Å². The number of Topliss-reactive ketones (excluding diaryl/α,β-unsaturated/α-hetero) is 2. The molecule has 0 bridgehead atoms. The number of aliphatic hydroxyl groups is 2. The third-order valence-corrected chi connectivity index (χ3v) is 15.7. The summed E-state index contributed by atoms with van der Waals surface area (Å²) in [5, 5.41) is 27.6. The number of rotatable bonds is 14. The Morgan fingerprint density at radius 2 is 1.70 bits per heavy atom. The fourth-order valence-corrected chi connectivity index (χ4v) is 12.2. The average Bonchev–Trinajstić information content (AvgIpc) is 3.88. The maximum absolute atomic E-state index is 17.7. The zero-order chi connectivity index (χ0) is 45.9. The summed E-state index contributed by atoms with van der Waals surface area (Å²) in [5.74, 6) is -4.82. The van der Waals surface area contributed by atoms with Crippen LogP contribution in [0.2, 0.25) is 0 Å². The molecule has 2 aromatic rings. The van der Waals surface area contributed by atoms with Crippen LogP contribution in [0, 0.1) is 28.6 Å². The average molecular weight is 898 g/mol. The summed E-state index contributed by atoms with van der Waals surface area (Å²) in [5.41, 5.74) is -4.19. The first-order valence-electron chi connectivity index (χ1n) is 21.7. The molecule has 6 aliphatic rings. The number of carbonyl (C=O) groups is 7. The van der Waals surface area contributed by atoms with Gasteiger partial charge in [-0.15, -0.1) is 0 Å². The number of alkyl halides is 1. The second-order valence-electron chi connectivity index (χ2n) is 18.4. The molecule has 2 heterocycles. The fraction of sp³-hybridized carbons (Fsp3) is 0.479. The first-order valence-corrected chi connectivity index (χ1v) is 22.5. The third kappa shape index (κ3) is 7.50. The zero-order valence-corrected chi connectivity index (χ0v) is 36.8. The van der Waals surface area contributed by atoms with Gasteiger partial charge in [-0.2, -0.15) is 0 Å². The maximum Gasteiger partial charge on any atom is 0.253 e. The Morgan fingerprint density at radius 1 is 0.984 bits per heavy atom. The predicted molar refractivity (Wildman–Crippen MR) is 230 cm³/mol. The second-order valence-corrected chi connectivity index (χ2v) is 19.5. The van der Waals surface area contributed by atoms with Gasteiger partial charge in [-0.05, 0) is 87.9 Å². The van der Waals surface area contributed by atoms with Gasteiger partial charge in [0.2, 0.25) is 11.8 Å². The number of ketones is 3. The van der Waals surface area contributed by atoms with Crippen molar-refractivity contribution in [2.45, 2.75) is 112 Å². The van der Waals surface area contributed by atoms with Crippen LogP contribution >= 0.6 is 11.8 Å². The molecule has 2 aromatic carbocycles. The molecule has 8 rings (SSSR count). The van der Waals surface area contributed by atoms with Crippen LogP contribution in [0.1, 0.15) is 78.1 Å². The number of nitrogens with zero attached hydrogens (tertiary/aromatic N) is 1. The predicted octanol–water partition coefficient (Wildman–Crippen LogP) is 4.89. The Balaban J connectivity index is 0.879. The van der Waals surface area contributed by atoms with E-state index in [1.807, 2.05) is 37.3 Å². The van der Waals surface area contributed by atoms with Gasteiger partial charge in [0.05, 0.1) is 18.2 Å². The molecule has 0 unspecified atom stereocenters. The van der Waals surface area contributed by atoms with Crippen molar-refractivity contribution < 1.29 is 57.6 Å². The number of carbonyl (C=O) groups excluding carboxylic acids is 7. The lowest BCUT2D eigenvalue weighted by molar-refractivity contribution is -0.231. The molecule has 0 aromatic heterocycles. The van der Waals surface area contributed by atoms with Crippen molar-refractivity contribution in [3.8, 4) is 0 Å². The number of imide groups is 1. The van der Waals surface area contributed by atoms with Crippen molar-refractivity contribution in [1.82, 2.24) is 10.2 Å². The van der Waals surface area contributed by atoms with Crippen LogP contribution in [0.4, 0.5) is 10.1 Å². The SMILES string of the molecule is C[C@H](CC(=O)[C@H](C)NC(=O)CCN1C(=O)C=CC1=O)C(=O)Nc1cccc(Sc2ccc([C@@H]3O[C@@H]4C[C@H]5[C@@H]6CCC7=CC(=O)C=C[C@]7(C)[C@@]6(F)[C@@H](O)C[C@]5(C)[C@]4(C(=O)CO)O3)cc2)c1. The van der Waals surface area contributed by atoms with E-state index in [0.717, 1.165) is 26.8 Å². The monoisotopic (exact) mass is 897 g/mol. The van der Waals surface area contributed by atoms with Crippen LogP contribution in [0.15, 0.2) is 94.3 Å². The van der Waals surface area contributed by atoms with E-state index in [1.165, 1.54) is 30.8 Å². The normalized spacial score (nSPS) is 33.4. The largest absolute Gasteiger partial charge is 0.390 e. The minimum Gasteiger partial charge on any atom is -0.390 e. The maximum atomic E-state index is 17.7. The molecule has 338 valence electrons. The lowest BCUT2D eigenvalue weighted by Crippen LogP contribution is -2.69. The van der Waals surface area contributed by atoms with E-state index < -0.39 is 94.5 Å².